The Kier molecular flexibility index (Phi) is 5.21. The Balaban J connectivity index is 1.89. The van der Waals surface area contributed by atoms with Crippen LogP contribution in [0.1, 0.15) is 44.7 Å². The summed E-state index contributed by atoms with van der Waals surface area (Å²) in [4.78, 5) is 1.53. The molecule has 1 heterocycles. The van der Waals surface area contributed by atoms with Crippen LogP contribution >= 0.6 is 0 Å². The second kappa shape index (κ2) is 6.61. The summed E-state index contributed by atoms with van der Waals surface area (Å²) in [6, 6.07) is 8.63. The molecule has 0 saturated carbocycles. The summed E-state index contributed by atoms with van der Waals surface area (Å²) < 4.78 is 37.2. The van der Waals surface area contributed by atoms with Gasteiger partial charge in [0.1, 0.15) is 0 Å². The van der Waals surface area contributed by atoms with E-state index in [1.807, 2.05) is 0 Å². The molecule has 1 aliphatic rings. The van der Waals surface area contributed by atoms with Crippen molar-refractivity contribution in [1.82, 2.24) is 4.90 Å². The highest BCUT2D eigenvalue weighted by molar-refractivity contribution is 5.28. The van der Waals surface area contributed by atoms with Gasteiger partial charge in [0, 0.05) is 0 Å². The van der Waals surface area contributed by atoms with Gasteiger partial charge in [-0.15, -0.1) is 0 Å². The molecule has 0 unspecified atom stereocenters. The van der Waals surface area contributed by atoms with Crippen LogP contribution in [0.15, 0.2) is 24.3 Å². The number of hydrogen-bond donors (Lipinski definition) is 0. The lowest BCUT2D eigenvalue weighted by molar-refractivity contribution is -0.148. The van der Waals surface area contributed by atoms with Gasteiger partial charge >= 0.3 is 6.18 Å². The van der Waals surface area contributed by atoms with Crippen LogP contribution in [0.5, 0.6) is 0 Å². The van der Waals surface area contributed by atoms with E-state index < -0.39 is 12.7 Å². The summed E-state index contributed by atoms with van der Waals surface area (Å²) in [6.45, 7) is 6.94. The highest BCUT2D eigenvalue weighted by Gasteiger charge is 2.32. The number of nitrogens with zero attached hydrogens (tertiary/aromatic N) is 1. The van der Waals surface area contributed by atoms with E-state index in [1.54, 1.807) is 0 Å². The number of likely N-dealkylation sites (tertiary alicyclic amines) is 1. The molecular formula is C18H26F3N. The molecular weight excluding hydrogens is 287 g/mol. The van der Waals surface area contributed by atoms with Gasteiger partial charge in [-0.1, -0.05) is 45.0 Å². The zero-order valence-electron chi connectivity index (χ0n) is 13.7. The highest BCUT2D eigenvalue weighted by Crippen LogP contribution is 2.27. The SMILES string of the molecule is CC(C)(C)c1cccc(CC2CCN(CC(F)(F)F)CC2)c1. The molecule has 0 aliphatic carbocycles. The van der Waals surface area contributed by atoms with E-state index in [0.717, 1.165) is 19.3 Å². The van der Waals surface area contributed by atoms with Crippen LogP contribution in [-0.2, 0) is 11.8 Å². The third kappa shape index (κ3) is 5.31. The van der Waals surface area contributed by atoms with Crippen LogP contribution in [-0.4, -0.2) is 30.7 Å². The van der Waals surface area contributed by atoms with Crippen molar-refractivity contribution < 1.29 is 13.2 Å². The summed E-state index contributed by atoms with van der Waals surface area (Å²) >= 11 is 0. The maximum Gasteiger partial charge on any atom is 0.401 e. The molecule has 1 saturated heterocycles. The first-order valence-electron chi connectivity index (χ1n) is 8.02. The predicted octanol–water partition coefficient (Wildman–Crippen LogP) is 4.80. The average molecular weight is 313 g/mol. The third-order valence-corrected chi connectivity index (χ3v) is 4.43. The van der Waals surface area contributed by atoms with Crippen molar-refractivity contribution in [3.05, 3.63) is 35.4 Å². The van der Waals surface area contributed by atoms with Crippen molar-refractivity contribution in [3.63, 3.8) is 0 Å². The van der Waals surface area contributed by atoms with E-state index >= 15 is 0 Å². The van der Waals surface area contributed by atoms with Crippen LogP contribution in [0.2, 0.25) is 0 Å². The fourth-order valence-corrected chi connectivity index (χ4v) is 3.10. The summed E-state index contributed by atoms with van der Waals surface area (Å²) in [5.74, 6) is 0.500. The largest absolute Gasteiger partial charge is 0.401 e. The molecule has 0 aromatic heterocycles. The van der Waals surface area contributed by atoms with Gasteiger partial charge in [0.2, 0.25) is 0 Å². The van der Waals surface area contributed by atoms with Crippen LogP contribution in [0.3, 0.4) is 0 Å². The van der Waals surface area contributed by atoms with Gasteiger partial charge in [-0.2, -0.15) is 13.2 Å². The second-order valence-electron chi connectivity index (χ2n) is 7.49. The Bertz CT molecular complexity index is 480. The molecule has 0 radical (unpaired) electrons. The minimum absolute atomic E-state index is 0.131. The maximum absolute atomic E-state index is 12.4. The van der Waals surface area contributed by atoms with Gasteiger partial charge in [-0.3, -0.25) is 4.90 Å². The molecule has 0 amide bonds. The first-order chi connectivity index (χ1) is 10.1. The zero-order chi connectivity index (χ0) is 16.4. The van der Waals surface area contributed by atoms with Crippen LogP contribution < -0.4 is 0 Å². The standard InChI is InChI=1S/C18H26F3N/c1-17(2,3)16-6-4-5-15(12-16)11-14-7-9-22(10-8-14)13-18(19,20)21/h4-6,12,14H,7-11,13H2,1-3H3. The van der Waals surface area contributed by atoms with Crippen molar-refractivity contribution in [3.8, 4) is 0 Å². The summed E-state index contributed by atoms with van der Waals surface area (Å²) in [7, 11) is 0. The molecule has 124 valence electrons. The number of benzene rings is 1. The van der Waals surface area contributed by atoms with Gasteiger partial charge in [0.05, 0.1) is 6.54 Å². The molecule has 1 nitrogen and oxygen atoms in total. The first-order valence-corrected chi connectivity index (χ1v) is 8.02. The van der Waals surface area contributed by atoms with Gasteiger partial charge < -0.3 is 0 Å². The van der Waals surface area contributed by atoms with Crippen LogP contribution in [0.25, 0.3) is 0 Å². The fraction of sp³-hybridized carbons (Fsp3) is 0.667. The second-order valence-corrected chi connectivity index (χ2v) is 7.49. The summed E-state index contributed by atoms with van der Waals surface area (Å²) in [5.41, 5.74) is 2.76. The fourth-order valence-electron chi connectivity index (χ4n) is 3.10. The Labute approximate surface area is 131 Å². The summed E-state index contributed by atoms with van der Waals surface area (Å²) in [6.07, 6.45) is -1.39. The van der Waals surface area contributed by atoms with Crippen LogP contribution in [0.4, 0.5) is 13.2 Å². The van der Waals surface area contributed by atoms with E-state index in [0.29, 0.717) is 19.0 Å². The number of piperidine rings is 1. The monoisotopic (exact) mass is 313 g/mol. The van der Waals surface area contributed by atoms with Gasteiger partial charge in [-0.05, 0) is 54.8 Å². The zero-order valence-corrected chi connectivity index (χ0v) is 13.7. The normalized spacial score (nSPS) is 18.6. The predicted molar refractivity (Wildman–Crippen MR) is 84.1 cm³/mol. The molecule has 1 aliphatic heterocycles. The molecule has 0 atom stereocenters. The Morgan fingerprint density at radius 1 is 1.09 bits per heavy atom. The van der Waals surface area contributed by atoms with Crippen molar-refractivity contribution in [1.29, 1.82) is 0 Å². The van der Waals surface area contributed by atoms with Crippen molar-refractivity contribution >= 4 is 0 Å². The number of halogens is 3. The van der Waals surface area contributed by atoms with Crippen molar-refractivity contribution in [2.45, 2.75) is 51.6 Å². The lowest BCUT2D eigenvalue weighted by atomic mass is 9.84. The topological polar surface area (TPSA) is 3.24 Å². The van der Waals surface area contributed by atoms with E-state index in [-0.39, 0.29) is 5.41 Å². The van der Waals surface area contributed by atoms with E-state index in [4.69, 9.17) is 0 Å². The molecule has 0 bridgehead atoms. The van der Waals surface area contributed by atoms with Gasteiger partial charge in [0.15, 0.2) is 0 Å². The Hall–Kier alpha value is -1.03. The average Bonchev–Trinajstić information content (AvgIpc) is 2.39. The van der Waals surface area contributed by atoms with Gasteiger partial charge in [0.25, 0.3) is 0 Å². The number of hydrogen-bond acceptors (Lipinski definition) is 1. The highest BCUT2D eigenvalue weighted by atomic mass is 19.4. The van der Waals surface area contributed by atoms with Crippen LogP contribution in [0, 0.1) is 5.92 Å². The lowest BCUT2D eigenvalue weighted by Crippen LogP contribution is -2.40. The van der Waals surface area contributed by atoms with E-state index in [9.17, 15) is 13.2 Å². The smallest absolute Gasteiger partial charge is 0.295 e. The van der Waals surface area contributed by atoms with Gasteiger partial charge in [-0.25, -0.2) is 0 Å². The number of rotatable bonds is 3. The quantitative estimate of drug-likeness (QED) is 0.774. The van der Waals surface area contributed by atoms with E-state index in [2.05, 4.69) is 45.0 Å². The molecule has 1 aromatic rings. The number of alkyl halides is 3. The first kappa shape index (κ1) is 17.3. The maximum atomic E-state index is 12.4. The molecule has 0 spiro atoms. The van der Waals surface area contributed by atoms with Crippen molar-refractivity contribution in [2.75, 3.05) is 19.6 Å². The lowest BCUT2D eigenvalue weighted by Gasteiger charge is -2.32. The van der Waals surface area contributed by atoms with Crippen molar-refractivity contribution in [2.24, 2.45) is 5.92 Å². The van der Waals surface area contributed by atoms with E-state index in [1.165, 1.54) is 16.0 Å². The molecule has 22 heavy (non-hydrogen) atoms. The summed E-state index contributed by atoms with van der Waals surface area (Å²) in [5, 5.41) is 0. The third-order valence-electron chi connectivity index (χ3n) is 4.43. The molecule has 4 heteroatoms. The molecule has 1 fully saturated rings. The minimum Gasteiger partial charge on any atom is -0.295 e. The molecule has 1 aromatic carbocycles. The minimum atomic E-state index is -4.08. The molecule has 0 N–H and O–H groups in total. The Morgan fingerprint density at radius 2 is 1.73 bits per heavy atom. The Morgan fingerprint density at radius 3 is 2.27 bits per heavy atom. The molecule has 2 rings (SSSR count).